The summed E-state index contributed by atoms with van der Waals surface area (Å²) in [6.07, 6.45) is 4.65. The molecule has 2 rings (SSSR count). The zero-order valence-corrected chi connectivity index (χ0v) is 10.4. The van der Waals surface area contributed by atoms with Crippen molar-refractivity contribution >= 4 is 5.78 Å². The van der Waals surface area contributed by atoms with Crippen LogP contribution >= 0.6 is 0 Å². The van der Waals surface area contributed by atoms with Crippen LogP contribution in [0.4, 0.5) is 0 Å². The Bertz CT molecular complexity index is 367. The highest BCUT2D eigenvalue weighted by Gasteiger charge is 2.17. The number of nitrogens with one attached hydrogen (secondary N) is 1. The van der Waals surface area contributed by atoms with Crippen LogP contribution in [0.2, 0.25) is 0 Å². The van der Waals surface area contributed by atoms with Gasteiger partial charge in [0, 0.05) is 25.3 Å². The van der Waals surface area contributed by atoms with Gasteiger partial charge in [-0.3, -0.25) is 9.89 Å². The van der Waals surface area contributed by atoms with Gasteiger partial charge < -0.3 is 4.74 Å². The minimum atomic E-state index is 0.160. The van der Waals surface area contributed by atoms with E-state index in [4.69, 9.17) is 4.74 Å². The number of rotatable bonds is 5. The van der Waals surface area contributed by atoms with E-state index in [1.807, 2.05) is 13.0 Å². The molecule has 0 radical (unpaired) electrons. The molecule has 1 N–H and O–H groups in total. The van der Waals surface area contributed by atoms with Crippen LogP contribution in [-0.4, -0.2) is 29.2 Å². The molecular weight excluding hydrogens is 216 g/mol. The fourth-order valence-corrected chi connectivity index (χ4v) is 2.18. The predicted molar refractivity (Wildman–Crippen MR) is 65.1 cm³/mol. The second-order valence-electron chi connectivity index (χ2n) is 4.65. The average molecular weight is 236 g/mol. The molecule has 0 unspecified atom stereocenters. The second-order valence-corrected chi connectivity index (χ2v) is 4.65. The number of nitrogens with zero attached hydrogens (tertiary/aromatic N) is 1. The summed E-state index contributed by atoms with van der Waals surface area (Å²) in [6.45, 7) is 3.74. The van der Waals surface area contributed by atoms with Gasteiger partial charge in [0.2, 0.25) is 0 Å². The molecule has 1 saturated heterocycles. The number of aromatic nitrogens is 2. The number of hydrogen-bond donors (Lipinski definition) is 1. The van der Waals surface area contributed by atoms with Crippen LogP contribution < -0.4 is 0 Å². The summed E-state index contributed by atoms with van der Waals surface area (Å²) in [6, 6.07) is 1.87. The Kier molecular flexibility index (Phi) is 4.31. The summed E-state index contributed by atoms with van der Waals surface area (Å²) in [5.41, 5.74) is 1.62. The first-order chi connectivity index (χ1) is 8.29. The zero-order valence-electron chi connectivity index (χ0n) is 10.4. The fraction of sp³-hybridized carbons (Fsp3) is 0.692. The van der Waals surface area contributed by atoms with Crippen LogP contribution in [0, 0.1) is 5.92 Å². The predicted octanol–water partition coefficient (Wildman–Crippen LogP) is 2.36. The Balaban J connectivity index is 1.80. The largest absolute Gasteiger partial charge is 0.381 e. The maximum Gasteiger partial charge on any atom is 0.183 e. The summed E-state index contributed by atoms with van der Waals surface area (Å²) >= 11 is 0. The van der Waals surface area contributed by atoms with Crippen molar-refractivity contribution in [2.75, 3.05) is 13.2 Å². The molecule has 0 bridgehead atoms. The molecule has 1 aliphatic rings. The number of carbonyl (C=O) groups excluding carboxylic acids is 1. The molecule has 2 heterocycles. The van der Waals surface area contributed by atoms with Gasteiger partial charge in [-0.1, -0.05) is 6.92 Å². The minimum absolute atomic E-state index is 0.160. The topological polar surface area (TPSA) is 55.0 Å². The lowest BCUT2D eigenvalue weighted by atomic mass is 9.93. The van der Waals surface area contributed by atoms with Gasteiger partial charge in [-0.15, -0.1) is 0 Å². The smallest absolute Gasteiger partial charge is 0.183 e. The van der Waals surface area contributed by atoms with E-state index in [1.165, 1.54) is 0 Å². The lowest BCUT2D eigenvalue weighted by Gasteiger charge is -2.21. The monoisotopic (exact) mass is 236 g/mol. The first kappa shape index (κ1) is 12.3. The molecule has 4 heteroatoms. The number of Topliss-reactive ketones (excluding diaryl/α,β-unsaturated/α-hetero) is 1. The van der Waals surface area contributed by atoms with E-state index in [9.17, 15) is 4.79 Å². The van der Waals surface area contributed by atoms with E-state index in [0.29, 0.717) is 18.0 Å². The molecule has 0 aromatic carbocycles. The van der Waals surface area contributed by atoms with Gasteiger partial charge in [0.05, 0.1) is 0 Å². The van der Waals surface area contributed by atoms with E-state index in [0.717, 1.165) is 44.6 Å². The molecule has 1 aromatic heterocycles. The molecule has 1 aliphatic heterocycles. The van der Waals surface area contributed by atoms with Gasteiger partial charge >= 0.3 is 0 Å². The molecule has 1 fully saturated rings. The van der Waals surface area contributed by atoms with Crippen molar-refractivity contribution in [3.63, 3.8) is 0 Å². The normalized spacial score (nSPS) is 17.2. The van der Waals surface area contributed by atoms with Crippen LogP contribution in [0.3, 0.4) is 0 Å². The highest BCUT2D eigenvalue weighted by Crippen LogP contribution is 2.21. The first-order valence-electron chi connectivity index (χ1n) is 6.44. The van der Waals surface area contributed by atoms with Gasteiger partial charge in [0.1, 0.15) is 5.69 Å². The van der Waals surface area contributed by atoms with E-state index in [2.05, 4.69) is 10.2 Å². The molecule has 17 heavy (non-hydrogen) atoms. The molecule has 0 amide bonds. The van der Waals surface area contributed by atoms with Gasteiger partial charge in [-0.25, -0.2) is 0 Å². The Hall–Kier alpha value is -1.16. The Morgan fingerprint density at radius 3 is 2.94 bits per heavy atom. The van der Waals surface area contributed by atoms with Gasteiger partial charge in [0.25, 0.3) is 0 Å². The Morgan fingerprint density at radius 1 is 1.53 bits per heavy atom. The number of carbonyl (C=O) groups is 1. The highest BCUT2D eigenvalue weighted by atomic mass is 16.5. The standard InChI is InChI=1S/C13H20N2O2/c1-2-11-9-12(15-14-11)13(16)4-3-10-5-7-17-8-6-10/h9-10H,2-8H2,1H3,(H,14,15). The summed E-state index contributed by atoms with van der Waals surface area (Å²) < 4.78 is 5.31. The SMILES string of the molecule is CCc1cc(C(=O)CCC2CCOCC2)n[nH]1. The van der Waals surface area contributed by atoms with E-state index >= 15 is 0 Å². The number of aromatic amines is 1. The van der Waals surface area contributed by atoms with Crippen LogP contribution in [-0.2, 0) is 11.2 Å². The van der Waals surface area contributed by atoms with E-state index in [1.54, 1.807) is 0 Å². The molecule has 94 valence electrons. The lowest BCUT2D eigenvalue weighted by Crippen LogP contribution is -2.16. The first-order valence-corrected chi connectivity index (χ1v) is 6.44. The highest BCUT2D eigenvalue weighted by molar-refractivity contribution is 5.94. The number of aryl methyl sites for hydroxylation is 1. The second kappa shape index (κ2) is 5.96. The third-order valence-electron chi connectivity index (χ3n) is 3.42. The lowest BCUT2D eigenvalue weighted by molar-refractivity contribution is 0.0619. The molecule has 0 atom stereocenters. The van der Waals surface area contributed by atoms with Crippen LogP contribution in [0.25, 0.3) is 0 Å². The fourth-order valence-electron chi connectivity index (χ4n) is 2.18. The zero-order chi connectivity index (χ0) is 12.1. The molecule has 0 aliphatic carbocycles. The van der Waals surface area contributed by atoms with Gasteiger partial charge in [-0.2, -0.15) is 5.10 Å². The summed E-state index contributed by atoms with van der Waals surface area (Å²) in [5, 5.41) is 6.93. The van der Waals surface area contributed by atoms with Gasteiger partial charge in [-0.05, 0) is 37.7 Å². The minimum Gasteiger partial charge on any atom is -0.381 e. The quantitative estimate of drug-likeness (QED) is 0.798. The summed E-state index contributed by atoms with van der Waals surface area (Å²) in [5.74, 6) is 0.810. The van der Waals surface area contributed by atoms with Crippen LogP contribution in [0.15, 0.2) is 6.07 Å². The van der Waals surface area contributed by atoms with E-state index < -0.39 is 0 Å². The Labute approximate surface area is 102 Å². The third kappa shape index (κ3) is 3.40. The van der Waals surface area contributed by atoms with Crippen LogP contribution in [0.5, 0.6) is 0 Å². The van der Waals surface area contributed by atoms with Crippen molar-refractivity contribution in [2.45, 2.75) is 39.0 Å². The molecule has 0 saturated carbocycles. The number of ketones is 1. The number of hydrogen-bond acceptors (Lipinski definition) is 3. The van der Waals surface area contributed by atoms with Crippen molar-refractivity contribution in [3.8, 4) is 0 Å². The Morgan fingerprint density at radius 2 is 2.29 bits per heavy atom. The van der Waals surface area contributed by atoms with Crippen molar-refractivity contribution in [1.82, 2.24) is 10.2 Å². The molecule has 1 aromatic rings. The summed E-state index contributed by atoms with van der Waals surface area (Å²) in [4.78, 5) is 11.9. The average Bonchev–Trinajstić information content (AvgIpc) is 2.86. The third-order valence-corrected chi connectivity index (χ3v) is 3.42. The molecule has 0 spiro atoms. The van der Waals surface area contributed by atoms with Crippen molar-refractivity contribution in [1.29, 1.82) is 0 Å². The number of ether oxygens (including phenoxy) is 1. The van der Waals surface area contributed by atoms with Crippen molar-refractivity contribution in [2.24, 2.45) is 5.92 Å². The van der Waals surface area contributed by atoms with E-state index in [-0.39, 0.29) is 5.78 Å². The maximum atomic E-state index is 11.9. The van der Waals surface area contributed by atoms with Gasteiger partial charge in [0.15, 0.2) is 5.78 Å². The number of H-pyrrole nitrogens is 1. The van der Waals surface area contributed by atoms with Crippen LogP contribution in [0.1, 0.15) is 48.8 Å². The van der Waals surface area contributed by atoms with Crippen molar-refractivity contribution in [3.05, 3.63) is 17.5 Å². The molecular formula is C13H20N2O2. The summed E-state index contributed by atoms with van der Waals surface area (Å²) in [7, 11) is 0. The maximum absolute atomic E-state index is 11.9. The molecule has 4 nitrogen and oxygen atoms in total. The van der Waals surface area contributed by atoms with Crippen molar-refractivity contribution < 1.29 is 9.53 Å².